The predicted molar refractivity (Wildman–Crippen MR) is 128 cm³/mol. The van der Waals surface area contributed by atoms with Crippen LogP contribution in [0.25, 0.3) is 0 Å². The zero-order valence-electron chi connectivity index (χ0n) is 18.5. The Morgan fingerprint density at radius 2 is 1.65 bits per heavy atom. The summed E-state index contributed by atoms with van der Waals surface area (Å²) < 4.78 is 43.6. The molecule has 0 atom stereocenters. The van der Waals surface area contributed by atoms with Crippen LogP contribution in [-0.4, -0.2) is 40.9 Å². The minimum absolute atomic E-state index is 0.00460. The molecule has 11 nitrogen and oxygen atoms in total. The van der Waals surface area contributed by atoms with Crippen LogP contribution in [0, 0.1) is 10.1 Å². The average Bonchev–Trinajstić information content (AvgIpc) is 2.84. The Bertz CT molecular complexity index is 1330. The number of hydrogen-bond acceptors (Lipinski definition) is 9. The molecule has 178 valence electrons. The second-order valence-corrected chi connectivity index (χ2v) is 8.40. The largest absolute Gasteiger partial charge is 0.497 e. The highest BCUT2D eigenvalue weighted by atomic mass is 32.2. The number of para-hydroxylation sites is 2. The van der Waals surface area contributed by atoms with Crippen LogP contribution in [0.15, 0.2) is 70.7 Å². The number of nitrogens with zero attached hydrogens (tertiary/aromatic N) is 2. The third-order valence-corrected chi connectivity index (χ3v) is 6.02. The maximum Gasteiger partial charge on any atom is 0.295 e. The summed E-state index contributed by atoms with van der Waals surface area (Å²) in [6.45, 7) is 0. The molecule has 34 heavy (non-hydrogen) atoms. The van der Waals surface area contributed by atoms with Crippen LogP contribution in [0.5, 0.6) is 17.2 Å². The summed E-state index contributed by atoms with van der Waals surface area (Å²) in [6, 6.07) is 14.9. The smallest absolute Gasteiger partial charge is 0.295 e. The lowest BCUT2D eigenvalue weighted by Gasteiger charge is -2.12. The number of benzene rings is 3. The maximum atomic E-state index is 12.8. The van der Waals surface area contributed by atoms with Crippen molar-refractivity contribution >= 4 is 33.3 Å². The third-order valence-electron chi connectivity index (χ3n) is 4.66. The van der Waals surface area contributed by atoms with Gasteiger partial charge in [-0.3, -0.25) is 20.3 Å². The average molecular weight is 487 g/mol. The van der Waals surface area contributed by atoms with E-state index in [9.17, 15) is 18.5 Å². The predicted octanol–water partition coefficient (Wildman–Crippen LogP) is 3.87. The number of hydrogen-bond donors (Lipinski definition) is 2. The lowest BCUT2D eigenvalue weighted by Crippen LogP contribution is -2.14. The summed E-state index contributed by atoms with van der Waals surface area (Å²) in [5.74, 6) is 1.39. The van der Waals surface area contributed by atoms with Crippen molar-refractivity contribution in [3.05, 3.63) is 76.3 Å². The molecule has 0 spiro atoms. The fraction of sp³-hybridized carbons (Fsp3) is 0.136. The number of nitro groups is 1. The van der Waals surface area contributed by atoms with Crippen LogP contribution in [0.1, 0.15) is 5.56 Å². The van der Waals surface area contributed by atoms with E-state index in [4.69, 9.17) is 14.2 Å². The molecular weight excluding hydrogens is 464 g/mol. The summed E-state index contributed by atoms with van der Waals surface area (Å²) in [5, 5.41) is 15.6. The number of ether oxygens (including phenoxy) is 3. The molecular formula is C22H22N4O7S. The van der Waals surface area contributed by atoms with E-state index in [2.05, 4.69) is 15.2 Å². The van der Waals surface area contributed by atoms with E-state index < -0.39 is 20.6 Å². The van der Waals surface area contributed by atoms with Crippen molar-refractivity contribution in [1.82, 2.24) is 0 Å². The number of anilines is 2. The minimum Gasteiger partial charge on any atom is -0.497 e. The van der Waals surface area contributed by atoms with Gasteiger partial charge in [-0.15, -0.1) is 0 Å². The summed E-state index contributed by atoms with van der Waals surface area (Å²) in [6.07, 6.45) is 1.41. The highest BCUT2D eigenvalue weighted by molar-refractivity contribution is 7.92. The van der Waals surface area contributed by atoms with Gasteiger partial charge >= 0.3 is 0 Å². The number of methoxy groups -OCH3 is 3. The summed E-state index contributed by atoms with van der Waals surface area (Å²) in [5.41, 5.74) is 2.91. The highest BCUT2D eigenvalue weighted by Crippen LogP contribution is 2.31. The first-order valence-corrected chi connectivity index (χ1v) is 11.2. The molecule has 0 aliphatic carbocycles. The van der Waals surface area contributed by atoms with Crippen molar-refractivity contribution < 1.29 is 27.6 Å². The minimum atomic E-state index is -4.13. The van der Waals surface area contributed by atoms with E-state index in [0.717, 1.165) is 6.07 Å². The van der Waals surface area contributed by atoms with Gasteiger partial charge in [0, 0.05) is 17.7 Å². The van der Waals surface area contributed by atoms with Crippen molar-refractivity contribution in [2.45, 2.75) is 4.90 Å². The first-order chi connectivity index (χ1) is 16.3. The van der Waals surface area contributed by atoms with E-state index >= 15 is 0 Å². The second kappa shape index (κ2) is 10.5. The number of nitro benzene ring substituents is 1. The fourth-order valence-corrected chi connectivity index (χ4v) is 4.04. The molecule has 3 aromatic carbocycles. The molecule has 12 heteroatoms. The molecule has 0 amide bonds. The number of rotatable bonds is 10. The molecule has 0 bridgehead atoms. The molecule has 0 unspecified atom stereocenters. The van der Waals surface area contributed by atoms with Gasteiger partial charge < -0.3 is 14.2 Å². The quantitative estimate of drug-likeness (QED) is 0.250. The molecule has 0 saturated carbocycles. The van der Waals surface area contributed by atoms with Gasteiger partial charge in [0.2, 0.25) is 0 Å². The number of nitrogens with one attached hydrogen (secondary N) is 2. The van der Waals surface area contributed by atoms with Crippen LogP contribution in [0.2, 0.25) is 0 Å². The molecule has 3 rings (SSSR count). The standard InChI is InChI=1S/C22H22N4O7S/c1-31-16-9-8-15(22(12-16)33-3)14-23-24-18-11-10-17(13-20(18)26(27)28)34(29,30)25-19-6-4-5-7-21(19)32-2/h4-14,24-25H,1-3H3. The molecule has 0 saturated heterocycles. The van der Waals surface area contributed by atoms with E-state index in [1.54, 1.807) is 36.4 Å². The third kappa shape index (κ3) is 5.53. The molecule has 0 aliphatic rings. The second-order valence-electron chi connectivity index (χ2n) is 6.72. The molecule has 0 heterocycles. The number of hydrazone groups is 1. The maximum absolute atomic E-state index is 12.8. The molecule has 3 aromatic rings. The fourth-order valence-electron chi connectivity index (χ4n) is 2.95. The van der Waals surface area contributed by atoms with E-state index in [0.29, 0.717) is 22.8 Å². The van der Waals surface area contributed by atoms with Gasteiger partial charge in [-0.05, 0) is 36.4 Å². The first kappa shape index (κ1) is 24.3. The van der Waals surface area contributed by atoms with Gasteiger partial charge in [0.05, 0.1) is 43.1 Å². The van der Waals surface area contributed by atoms with Crippen LogP contribution in [0.4, 0.5) is 17.1 Å². The topological polar surface area (TPSA) is 141 Å². The zero-order valence-corrected chi connectivity index (χ0v) is 19.3. The Hall–Kier alpha value is -4.32. The molecule has 0 aliphatic heterocycles. The van der Waals surface area contributed by atoms with Gasteiger partial charge in [0.25, 0.3) is 15.7 Å². The summed E-state index contributed by atoms with van der Waals surface area (Å²) in [4.78, 5) is 10.6. The Morgan fingerprint density at radius 3 is 2.32 bits per heavy atom. The van der Waals surface area contributed by atoms with E-state index in [-0.39, 0.29) is 16.3 Å². The lowest BCUT2D eigenvalue weighted by molar-refractivity contribution is -0.384. The Morgan fingerprint density at radius 1 is 0.912 bits per heavy atom. The normalized spacial score (nSPS) is 11.1. The lowest BCUT2D eigenvalue weighted by atomic mass is 10.2. The van der Waals surface area contributed by atoms with Crippen LogP contribution in [0.3, 0.4) is 0 Å². The van der Waals surface area contributed by atoms with Crippen molar-refractivity contribution in [2.75, 3.05) is 31.5 Å². The van der Waals surface area contributed by atoms with E-state index in [1.165, 1.54) is 45.7 Å². The monoisotopic (exact) mass is 486 g/mol. The van der Waals surface area contributed by atoms with Gasteiger partial charge in [-0.1, -0.05) is 12.1 Å². The van der Waals surface area contributed by atoms with Crippen molar-refractivity contribution in [1.29, 1.82) is 0 Å². The Labute approximate surface area is 196 Å². The van der Waals surface area contributed by atoms with Crippen molar-refractivity contribution in [3.8, 4) is 17.2 Å². The van der Waals surface area contributed by atoms with Crippen molar-refractivity contribution in [3.63, 3.8) is 0 Å². The molecule has 2 N–H and O–H groups in total. The van der Waals surface area contributed by atoms with Gasteiger partial charge in [-0.25, -0.2) is 8.42 Å². The molecule has 0 aromatic heterocycles. The highest BCUT2D eigenvalue weighted by Gasteiger charge is 2.22. The van der Waals surface area contributed by atoms with Gasteiger partial charge in [-0.2, -0.15) is 5.10 Å². The first-order valence-electron chi connectivity index (χ1n) is 9.74. The van der Waals surface area contributed by atoms with Crippen molar-refractivity contribution in [2.24, 2.45) is 5.10 Å². The van der Waals surface area contributed by atoms with E-state index in [1.807, 2.05) is 0 Å². The van der Waals surface area contributed by atoms with Gasteiger partial charge in [0.1, 0.15) is 22.9 Å². The number of sulfonamides is 1. The van der Waals surface area contributed by atoms with Crippen LogP contribution < -0.4 is 24.4 Å². The molecule has 0 radical (unpaired) electrons. The summed E-state index contributed by atoms with van der Waals surface area (Å²) in [7, 11) is 0.292. The Balaban J connectivity index is 1.86. The van der Waals surface area contributed by atoms with Gasteiger partial charge in [0.15, 0.2) is 0 Å². The zero-order chi connectivity index (χ0) is 24.7. The Kier molecular flexibility index (Phi) is 7.53. The SMILES string of the molecule is COc1ccc(C=NNc2ccc(S(=O)(=O)Nc3ccccc3OC)cc2[N+](=O)[O-])c(OC)c1. The van der Waals surface area contributed by atoms with Crippen LogP contribution in [-0.2, 0) is 10.0 Å². The van der Waals surface area contributed by atoms with Crippen LogP contribution >= 0.6 is 0 Å². The summed E-state index contributed by atoms with van der Waals surface area (Å²) >= 11 is 0. The molecule has 0 fully saturated rings.